The van der Waals surface area contributed by atoms with Gasteiger partial charge in [-0.15, -0.1) is 0 Å². The van der Waals surface area contributed by atoms with E-state index in [-0.39, 0.29) is 0 Å². The number of para-hydroxylation sites is 1. The summed E-state index contributed by atoms with van der Waals surface area (Å²) in [6, 6.07) is 17.8. The van der Waals surface area contributed by atoms with Gasteiger partial charge in [-0.1, -0.05) is 49.4 Å². The fourth-order valence-corrected chi connectivity index (χ4v) is 2.39. The highest BCUT2D eigenvalue weighted by molar-refractivity contribution is 5.70. The molecule has 0 bridgehead atoms. The van der Waals surface area contributed by atoms with Crippen LogP contribution in [0.25, 0.3) is 11.1 Å². The lowest BCUT2D eigenvalue weighted by atomic mass is 10.0. The molecule has 1 aliphatic carbocycles. The number of ether oxygens (including phenoxy) is 1. The quantitative estimate of drug-likeness (QED) is 0.812. The van der Waals surface area contributed by atoms with Crippen molar-refractivity contribution in [3.63, 3.8) is 0 Å². The molecular formula is C19H23NO. The molecule has 0 spiro atoms. The van der Waals surface area contributed by atoms with Crippen LogP contribution < -0.4 is 10.1 Å². The molecule has 0 aromatic heterocycles. The van der Waals surface area contributed by atoms with Gasteiger partial charge in [-0.05, 0) is 36.5 Å². The first-order valence-corrected chi connectivity index (χ1v) is 7.91. The fourth-order valence-electron chi connectivity index (χ4n) is 2.39. The van der Waals surface area contributed by atoms with E-state index in [4.69, 9.17) is 4.74 Å². The van der Waals surface area contributed by atoms with E-state index < -0.39 is 0 Å². The molecule has 2 aromatic carbocycles. The Hall–Kier alpha value is -1.80. The smallest absolute Gasteiger partial charge is 0.127 e. The zero-order valence-electron chi connectivity index (χ0n) is 12.6. The Morgan fingerprint density at radius 1 is 1.05 bits per heavy atom. The molecule has 110 valence electrons. The van der Waals surface area contributed by atoms with Gasteiger partial charge in [-0.25, -0.2) is 0 Å². The van der Waals surface area contributed by atoms with Gasteiger partial charge in [0.05, 0.1) is 6.61 Å². The third-order valence-corrected chi connectivity index (χ3v) is 3.79. The second-order valence-corrected chi connectivity index (χ2v) is 5.70. The molecule has 3 rings (SSSR count). The van der Waals surface area contributed by atoms with Gasteiger partial charge < -0.3 is 10.1 Å². The highest BCUT2D eigenvalue weighted by Crippen LogP contribution is 2.30. The SMILES string of the molecule is CCCOc1ccccc1-c1ccc(CNC2CC2)cc1. The van der Waals surface area contributed by atoms with Crippen molar-refractivity contribution in [3.05, 3.63) is 54.1 Å². The second-order valence-electron chi connectivity index (χ2n) is 5.70. The summed E-state index contributed by atoms with van der Waals surface area (Å²) >= 11 is 0. The van der Waals surface area contributed by atoms with Crippen molar-refractivity contribution < 1.29 is 4.74 Å². The van der Waals surface area contributed by atoms with Gasteiger partial charge in [0.1, 0.15) is 5.75 Å². The predicted molar refractivity (Wildman–Crippen MR) is 87.5 cm³/mol. The molecule has 0 atom stereocenters. The van der Waals surface area contributed by atoms with Crippen molar-refractivity contribution in [2.24, 2.45) is 0 Å². The standard InChI is InChI=1S/C19H23NO/c1-2-13-21-19-6-4-3-5-18(19)16-9-7-15(8-10-16)14-20-17-11-12-17/h3-10,17,20H,2,11-14H2,1H3. The van der Waals surface area contributed by atoms with Crippen LogP contribution in [0.4, 0.5) is 0 Å². The summed E-state index contributed by atoms with van der Waals surface area (Å²) in [5.41, 5.74) is 3.74. The molecule has 0 amide bonds. The molecular weight excluding hydrogens is 258 g/mol. The monoisotopic (exact) mass is 281 g/mol. The number of hydrogen-bond donors (Lipinski definition) is 1. The summed E-state index contributed by atoms with van der Waals surface area (Å²) in [5, 5.41) is 3.55. The molecule has 0 radical (unpaired) electrons. The average molecular weight is 281 g/mol. The van der Waals surface area contributed by atoms with Crippen LogP contribution in [0.3, 0.4) is 0 Å². The largest absolute Gasteiger partial charge is 0.493 e. The second kappa shape index (κ2) is 6.77. The molecule has 1 fully saturated rings. The van der Waals surface area contributed by atoms with Crippen LogP contribution in [0.1, 0.15) is 31.7 Å². The predicted octanol–water partition coefficient (Wildman–Crippen LogP) is 4.39. The van der Waals surface area contributed by atoms with E-state index in [0.717, 1.165) is 31.4 Å². The van der Waals surface area contributed by atoms with Crippen LogP contribution in [0.2, 0.25) is 0 Å². The Morgan fingerprint density at radius 3 is 2.52 bits per heavy atom. The molecule has 2 nitrogen and oxygen atoms in total. The van der Waals surface area contributed by atoms with E-state index in [0.29, 0.717) is 0 Å². The van der Waals surface area contributed by atoms with Gasteiger partial charge in [-0.2, -0.15) is 0 Å². The fraction of sp³-hybridized carbons (Fsp3) is 0.368. The van der Waals surface area contributed by atoms with E-state index >= 15 is 0 Å². The zero-order valence-corrected chi connectivity index (χ0v) is 12.6. The number of nitrogens with one attached hydrogen (secondary N) is 1. The van der Waals surface area contributed by atoms with Crippen molar-refractivity contribution in [1.82, 2.24) is 5.32 Å². The first-order valence-electron chi connectivity index (χ1n) is 7.91. The maximum Gasteiger partial charge on any atom is 0.127 e. The van der Waals surface area contributed by atoms with Crippen molar-refractivity contribution in [1.29, 1.82) is 0 Å². The first kappa shape index (κ1) is 14.2. The van der Waals surface area contributed by atoms with Crippen LogP contribution in [-0.2, 0) is 6.54 Å². The van der Waals surface area contributed by atoms with E-state index in [2.05, 4.69) is 48.6 Å². The van der Waals surface area contributed by atoms with E-state index in [1.807, 2.05) is 12.1 Å². The van der Waals surface area contributed by atoms with Crippen molar-refractivity contribution in [2.45, 2.75) is 38.8 Å². The van der Waals surface area contributed by atoms with Crippen molar-refractivity contribution in [3.8, 4) is 16.9 Å². The van der Waals surface area contributed by atoms with Gasteiger partial charge in [0.2, 0.25) is 0 Å². The highest BCUT2D eigenvalue weighted by atomic mass is 16.5. The Labute approximate surface area is 127 Å². The van der Waals surface area contributed by atoms with Crippen LogP contribution >= 0.6 is 0 Å². The topological polar surface area (TPSA) is 21.3 Å². The van der Waals surface area contributed by atoms with Crippen LogP contribution in [0.5, 0.6) is 5.75 Å². The van der Waals surface area contributed by atoms with Crippen LogP contribution in [0.15, 0.2) is 48.5 Å². The lowest BCUT2D eigenvalue weighted by molar-refractivity contribution is 0.318. The van der Waals surface area contributed by atoms with Crippen LogP contribution in [-0.4, -0.2) is 12.6 Å². The average Bonchev–Trinajstić information content (AvgIpc) is 3.36. The minimum Gasteiger partial charge on any atom is -0.493 e. The summed E-state index contributed by atoms with van der Waals surface area (Å²) in [6.45, 7) is 3.86. The Kier molecular flexibility index (Phi) is 4.56. The molecule has 21 heavy (non-hydrogen) atoms. The lowest BCUT2D eigenvalue weighted by Crippen LogP contribution is -2.15. The molecule has 2 heteroatoms. The summed E-state index contributed by atoms with van der Waals surface area (Å²) < 4.78 is 5.85. The highest BCUT2D eigenvalue weighted by Gasteiger charge is 2.19. The molecule has 0 unspecified atom stereocenters. The van der Waals surface area contributed by atoms with Gasteiger partial charge in [0.15, 0.2) is 0 Å². The van der Waals surface area contributed by atoms with Gasteiger partial charge in [-0.3, -0.25) is 0 Å². The van der Waals surface area contributed by atoms with Gasteiger partial charge >= 0.3 is 0 Å². The Balaban J connectivity index is 1.73. The molecule has 1 saturated carbocycles. The normalized spacial score (nSPS) is 14.1. The van der Waals surface area contributed by atoms with Crippen molar-refractivity contribution >= 4 is 0 Å². The van der Waals surface area contributed by atoms with E-state index in [1.165, 1.54) is 29.5 Å². The molecule has 0 saturated heterocycles. The first-order chi connectivity index (χ1) is 10.4. The molecule has 1 aliphatic rings. The minimum absolute atomic E-state index is 0.757. The summed E-state index contributed by atoms with van der Waals surface area (Å²) in [4.78, 5) is 0. The van der Waals surface area contributed by atoms with Crippen molar-refractivity contribution in [2.75, 3.05) is 6.61 Å². The summed E-state index contributed by atoms with van der Waals surface area (Å²) in [6.07, 6.45) is 3.70. The maximum atomic E-state index is 5.85. The molecule has 0 heterocycles. The lowest BCUT2D eigenvalue weighted by Gasteiger charge is -2.11. The maximum absolute atomic E-state index is 5.85. The zero-order chi connectivity index (χ0) is 14.5. The van der Waals surface area contributed by atoms with Crippen LogP contribution in [0, 0.1) is 0 Å². The van der Waals surface area contributed by atoms with Gasteiger partial charge in [0.25, 0.3) is 0 Å². The Bertz CT molecular complexity index is 572. The Morgan fingerprint density at radius 2 is 1.81 bits per heavy atom. The van der Waals surface area contributed by atoms with E-state index in [1.54, 1.807) is 0 Å². The number of benzene rings is 2. The van der Waals surface area contributed by atoms with Gasteiger partial charge in [0, 0.05) is 18.2 Å². The summed E-state index contributed by atoms with van der Waals surface area (Å²) in [7, 11) is 0. The number of rotatable bonds is 7. The number of hydrogen-bond acceptors (Lipinski definition) is 2. The molecule has 2 aromatic rings. The third kappa shape index (κ3) is 3.85. The molecule has 1 N–H and O–H groups in total. The summed E-state index contributed by atoms with van der Waals surface area (Å²) in [5.74, 6) is 0.975. The van der Waals surface area contributed by atoms with E-state index in [9.17, 15) is 0 Å². The molecule has 0 aliphatic heterocycles. The third-order valence-electron chi connectivity index (χ3n) is 3.79. The minimum atomic E-state index is 0.757.